The van der Waals surface area contributed by atoms with Crippen LogP contribution < -0.4 is 5.32 Å². The molecular formula is C13H19NS. The Bertz CT molecular complexity index is 269. The van der Waals surface area contributed by atoms with Gasteiger partial charge in [-0.25, -0.2) is 0 Å². The fourth-order valence-corrected chi connectivity index (χ4v) is 2.59. The summed E-state index contributed by atoms with van der Waals surface area (Å²) in [5.41, 5.74) is 0. The van der Waals surface area contributed by atoms with E-state index in [0.717, 1.165) is 12.5 Å². The lowest BCUT2D eigenvalue weighted by atomic mass is 9.85. The summed E-state index contributed by atoms with van der Waals surface area (Å²) in [6.45, 7) is 2.37. The third-order valence-corrected chi connectivity index (χ3v) is 3.96. The Balaban J connectivity index is 1.51. The second kappa shape index (κ2) is 6.19. The second-order valence-corrected chi connectivity index (χ2v) is 5.33. The van der Waals surface area contributed by atoms with Crippen molar-refractivity contribution in [2.45, 2.75) is 24.2 Å². The van der Waals surface area contributed by atoms with E-state index in [1.807, 2.05) is 11.8 Å². The zero-order valence-corrected chi connectivity index (χ0v) is 9.93. The quantitative estimate of drug-likeness (QED) is 0.585. The van der Waals surface area contributed by atoms with Gasteiger partial charge in [0.05, 0.1) is 0 Å². The van der Waals surface area contributed by atoms with Gasteiger partial charge in [0.25, 0.3) is 0 Å². The highest BCUT2D eigenvalue weighted by Crippen LogP contribution is 2.25. The highest BCUT2D eigenvalue weighted by Gasteiger charge is 2.15. The molecule has 82 valence electrons. The molecule has 0 atom stereocenters. The summed E-state index contributed by atoms with van der Waals surface area (Å²) < 4.78 is 0. The molecule has 15 heavy (non-hydrogen) atoms. The van der Waals surface area contributed by atoms with E-state index in [0.29, 0.717) is 0 Å². The van der Waals surface area contributed by atoms with Crippen LogP contribution in [0.1, 0.15) is 19.3 Å². The van der Waals surface area contributed by atoms with Gasteiger partial charge in [-0.1, -0.05) is 24.6 Å². The SMILES string of the molecule is c1ccc(SCCNCC2CCC2)cc1. The van der Waals surface area contributed by atoms with Crippen molar-refractivity contribution in [3.63, 3.8) is 0 Å². The first-order valence-electron chi connectivity index (χ1n) is 5.84. The van der Waals surface area contributed by atoms with Crippen molar-refractivity contribution < 1.29 is 0 Å². The van der Waals surface area contributed by atoms with Gasteiger partial charge < -0.3 is 5.32 Å². The summed E-state index contributed by atoms with van der Waals surface area (Å²) >= 11 is 1.94. The van der Waals surface area contributed by atoms with E-state index in [4.69, 9.17) is 0 Å². The zero-order chi connectivity index (χ0) is 10.3. The summed E-state index contributed by atoms with van der Waals surface area (Å²) in [5.74, 6) is 2.16. The van der Waals surface area contributed by atoms with Gasteiger partial charge in [-0.15, -0.1) is 11.8 Å². The maximum Gasteiger partial charge on any atom is 0.0106 e. The molecule has 0 amide bonds. The average Bonchev–Trinajstić information content (AvgIpc) is 2.22. The molecule has 2 rings (SSSR count). The minimum absolute atomic E-state index is 0.978. The van der Waals surface area contributed by atoms with Crippen LogP contribution in [-0.4, -0.2) is 18.8 Å². The number of nitrogens with one attached hydrogen (secondary N) is 1. The van der Waals surface area contributed by atoms with Gasteiger partial charge in [-0.3, -0.25) is 0 Å². The van der Waals surface area contributed by atoms with Crippen LogP contribution in [0.3, 0.4) is 0 Å². The van der Waals surface area contributed by atoms with Crippen molar-refractivity contribution in [3.05, 3.63) is 30.3 Å². The molecule has 1 nitrogen and oxygen atoms in total. The monoisotopic (exact) mass is 221 g/mol. The molecule has 1 aliphatic carbocycles. The molecule has 1 fully saturated rings. The molecular weight excluding hydrogens is 202 g/mol. The summed E-state index contributed by atoms with van der Waals surface area (Å²) in [5, 5.41) is 3.54. The van der Waals surface area contributed by atoms with Gasteiger partial charge >= 0.3 is 0 Å². The summed E-state index contributed by atoms with van der Waals surface area (Å²) in [6.07, 6.45) is 4.34. The molecule has 1 saturated carbocycles. The summed E-state index contributed by atoms with van der Waals surface area (Å²) in [4.78, 5) is 1.38. The Morgan fingerprint density at radius 1 is 1.20 bits per heavy atom. The average molecular weight is 221 g/mol. The van der Waals surface area contributed by atoms with Crippen molar-refractivity contribution >= 4 is 11.8 Å². The van der Waals surface area contributed by atoms with E-state index >= 15 is 0 Å². The van der Waals surface area contributed by atoms with Crippen LogP contribution in [0.2, 0.25) is 0 Å². The summed E-state index contributed by atoms with van der Waals surface area (Å²) in [6, 6.07) is 10.6. The zero-order valence-electron chi connectivity index (χ0n) is 9.11. The molecule has 2 heteroatoms. The van der Waals surface area contributed by atoms with Gasteiger partial charge in [0, 0.05) is 17.2 Å². The van der Waals surface area contributed by atoms with E-state index in [2.05, 4.69) is 35.6 Å². The van der Waals surface area contributed by atoms with Crippen LogP contribution in [0, 0.1) is 5.92 Å². The molecule has 0 unspecified atom stereocenters. The molecule has 0 aromatic heterocycles. The first-order valence-corrected chi connectivity index (χ1v) is 6.82. The number of benzene rings is 1. The smallest absolute Gasteiger partial charge is 0.0106 e. The molecule has 0 heterocycles. The molecule has 0 aliphatic heterocycles. The van der Waals surface area contributed by atoms with E-state index in [9.17, 15) is 0 Å². The third-order valence-electron chi connectivity index (χ3n) is 2.95. The predicted molar refractivity (Wildman–Crippen MR) is 67.4 cm³/mol. The minimum atomic E-state index is 0.978. The van der Waals surface area contributed by atoms with E-state index in [1.54, 1.807) is 0 Å². The van der Waals surface area contributed by atoms with Crippen molar-refractivity contribution in [2.24, 2.45) is 5.92 Å². The van der Waals surface area contributed by atoms with Crippen molar-refractivity contribution in [1.82, 2.24) is 5.32 Å². The maximum atomic E-state index is 3.54. The molecule has 0 radical (unpaired) electrons. The van der Waals surface area contributed by atoms with Gasteiger partial charge in [-0.05, 0) is 37.4 Å². The highest BCUT2D eigenvalue weighted by atomic mass is 32.2. The van der Waals surface area contributed by atoms with Crippen LogP contribution in [0.5, 0.6) is 0 Å². The van der Waals surface area contributed by atoms with Crippen LogP contribution in [0.4, 0.5) is 0 Å². The number of rotatable bonds is 6. The topological polar surface area (TPSA) is 12.0 Å². The number of thioether (sulfide) groups is 1. The second-order valence-electron chi connectivity index (χ2n) is 4.16. The molecule has 0 spiro atoms. The van der Waals surface area contributed by atoms with E-state index < -0.39 is 0 Å². The molecule has 0 bridgehead atoms. The lowest BCUT2D eigenvalue weighted by Crippen LogP contribution is -2.28. The number of hydrogen-bond donors (Lipinski definition) is 1. The van der Waals surface area contributed by atoms with Crippen LogP contribution in [0.15, 0.2) is 35.2 Å². The van der Waals surface area contributed by atoms with Gasteiger partial charge in [0.1, 0.15) is 0 Å². The van der Waals surface area contributed by atoms with Crippen LogP contribution >= 0.6 is 11.8 Å². The maximum absolute atomic E-state index is 3.54. The molecule has 1 aliphatic rings. The first-order chi connectivity index (χ1) is 7.45. The Morgan fingerprint density at radius 3 is 2.67 bits per heavy atom. The Labute approximate surface area is 96.7 Å². The summed E-state index contributed by atoms with van der Waals surface area (Å²) in [7, 11) is 0. The molecule has 1 aromatic carbocycles. The van der Waals surface area contributed by atoms with E-state index in [-0.39, 0.29) is 0 Å². The largest absolute Gasteiger partial charge is 0.316 e. The lowest BCUT2D eigenvalue weighted by Gasteiger charge is -2.25. The fourth-order valence-electron chi connectivity index (χ4n) is 1.76. The van der Waals surface area contributed by atoms with Gasteiger partial charge in [0.15, 0.2) is 0 Å². The fraction of sp³-hybridized carbons (Fsp3) is 0.538. The predicted octanol–water partition coefficient (Wildman–Crippen LogP) is 3.17. The van der Waals surface area contributed by atoms with Gasteiger partial charge in [0.2, 0.25) is 0 Å². The number of hydrogen-bond acceptors (Lipinski definition) is 2. The normalized spacial score (nSPS) is 16.3. The third kappa shape index (κ3) is 3.88. The minimum Gasteiger partial charge on any atom is -0.316 e. The molecule has 1 N–H and O–H groups in total. The van der Waals surface area contributed by atoms with Crippen LogP contribution in [-0.2, 0) is 0 Å². The van der Waals surface area contributed by atoms with Crippen molar-refractivity contribution in [2.75, 3.05) is 18.8 Å². The van der Waals surface area contributed by atoms with Crippen molar-refractivity contribution in [1.29, 1.82) is 0 Å². The van der Waals surface area contributed by atoms with Crippen molar-refractivity contribution in [3.8, 4) is 0 Å². The molecule has 0 saturated heterocycles. The van der Waals surface area contributed by atoms with Crippen LogP contribution in [0.25, 0.3) is 0 Å². The first kappa shape index (κ1) is 11.0. The lowest BCUT2D eigenvalue weighted by molar-refractivity contribution is 0.304. The Hall–Kier alpha value is -0.470. The van der Waals surface area contributed by atoms with E-state index in [1.165, 1.54) is 36.5 Å². The molecule has 1 aromatic rings. The Kier molecular flexibility index (Phi) is 4.55. The van der Waals surface area contributed by atoms with Gasteiger partial charge in [-0.2, -0.15) is 0 Å². The Morgan fingerprint density at radius 2 is 2.00 bits per heavy atom. The standard InChI is InChI=1S/C13H19NS/c1-2-7-13(8-3-1)15-10-9-14-11-12-5-4-6-12/h1-3,7-8,12,14H,4-6,9-11H2. The highest BCUT2D eigenvalue weighted by molar-refractivity contribution is 7.99.